The number of aliphatic hydroxyl groups is 1. The number of benzene rings is 1. The lowest BCUT2D eigenvalue weighted by Gasteiger charge is -2.26. The maximum Gasteiger partial charge on any atom is 0.294 e. The molecule has 3 heterocycles. The van der Waals surface area contributed by atoms with Crippen molar-refractivity contribution >= 4 is 34.4 Å². The largest absolute Gasteiger partial charge is 0.503 e. The van der Waals surface area contributed by atoms with E-state index in [2.05, 4.69) is 0 Å². The quantitative estimate of drug-likeness (QED) is 0.657. The summed E-state index contributed by atoms with van der Waals surface area (Å²) >= 11 is 1.42. The number of ketones is 1. The number of aliphatic hydroxyl groups excluding tert-OH is 1. The Labute approximate surface area is 165 Å². The topological polar surface area (TPSA) is 74.0 Å². The number of carbonyl (C=O) groups excluding carboxylic acids is 2. The Morgan fingerprint density at radius 1 is 1.14 bits per heavy atom. The molecule has 4 rings (SSSR count). The highest BCUT2D eigenvalue weighted by molar-refractivity contribution is 7.10. The molecule has 0 radical (unpaired) electrons. The summed E-state index contributed by atoms with van der Waals surface area (Å²) in [5, 5.41) is 12.5. The van der Waals surface area contributed by atoms with Gasteiger partial charge in [0.2, 0.25) is 5.78 Å². The number of anilines is 2. The Morgan fingerprint density at radius 2 is 1.89 bits per heavy atom. The minimum absolute atomic E-state index is 0.0269. The number of nitrogens with zero attached hydrogens (tertiary/aromatic N) is 2. The summed E-state index contributed by atoms with van der Waals surface area (Å²) in [6.45, 7) is 0. The lowest BCUT2D eigenvalue weighted by atomic mass is 10.00. The fourth-order valence-electron chi connectivity index (χ4n) is 3.27. The lowest BCUT2D eigenvalue weighted by molar-refractivity contribution is -0.117. The fraction of sp³-hybridized carbons (Fsp3) is 0.143. The molecule has 6 nitrogen and oxygen atoms in total. The molecule has 0 bridgehead atoms. The predicted octanol–water partition coefficient (Wildman–Crippen LogP) is 4.19. The molecule has 0 saturated carbocycles. The molecular weight excluding hydrogens is 376 g/mol. The van der Waals surface area contributed by atoms with Gasteiger partial charge in [0, 0.05) is 30.3 Å². The van der Waals surface area contributed by atoms with E-state index in [-0.39, 0.29) is 11.3 Å². The van der Waals surface area contributed by atoms with Gasteiger partial charge in [-0.2, -0.15) is 0 Å². The van der Waals surface area contributed by atoms with E-state index in [9.17, 15) is 14.7 Å². The fourth-order valence-corrected chi connectivity index (χ4v) is 4.09. The zero-order valence-electron chi connectivity index (χ0n) is 15.3. The van der Waals surface area contributed by atoms with Gasteiger partial charge in [-0.3, -0.25) is 14.5 Å². The van der Waals surface area contributed by atoms with Crippen LogP contribution in [0, 0.1) is 0 Å². The average molecular weight is 394 g/mol. The van der Waals surface area contributed by atoms with Gasteiger partial charge in [-0.05, 0) is 47.8 Å². The van der Waals surface area contributed by atoms with E-state index in [1.54, 1.807) is 18.2 Å². The molecule has 1 aliphatic heterocycles. The first-order valence-electron chi connectivity index (χ1n) is 8.64. The standard InChI is InChI=1S/C21H18N2O4S/c1-22(2)13-7-9-14(10-8-13)23-18(16-6-4-12-28-16)17(20(25)21(23)26)19(24)15-5-3-11-27-15/h3-12,18,25H,1-2H3. The van der Waals surface area contributed by atoms with Crippen LogP contribution in [-0.2, 0) is 4.79 Å². The highest BCUT2D eigenvalue weighted by atomic mass is 32.1. The molecule has 28 heavy (non-hydrogen) atoms. The van der Waals surface area contributed by atoms with Gasteiger partial charge in [0.15, 0.2) is 11.5 Å². The van der Waals surface area contributed by atoms with Crippen molar-refractivity contribution in [1.82, 2.24) is 0 Å². The molecule has 1 N–H and O–H groups in total. The second kappa shape index (κ2) is 7.01. The highest BCUT2D eigenvalue weighted by Crippen LogP contribution is 2.43. The summed E-state index contributed by atoms with van der Waals surface area (Å²) in [5.41, 5.74) is 1.61. The number of Topliss-reactive ketones (excluding diaryl/α,β-unsaturated/α-hetero) is 1. The normalized spacial score (nSPS) is 16.7. The molecule has 3 aromatic rings. The Hall–Kier alpha value is -3.32. The zero-order chi connectivity index (χ0) is 19.8. The van der Waals surface area contributed by atoms with E-state index in [0.29, 0.717) is 5.69 Å². The first kappa shape index (κ1) is 18.1. The van der Waals surface area contributed by atoms with Crippen molar-refractivity contribution in [2.75, 3.05) is 23.9 Å². The average Bonchev–Trinajstić information content (AvgIpc) is 3.43. The smallest absolute Gasteiger partial charge is 0.294 e. The Balaban J connectivity index is 1.81. The Morgan fingerprint density at radius 3 is 2.46 bits per heavy atom. The van der Waals surface area contributed by atoms with Crippen LogP contribution in [0.25, 0.3) is 0 Å². The van der Waals surface area contributed by atoms with Crippen molar-refractivity contribution in [3.8, 4) is 0 Å². The summed E-state index contributed by atoms with van der Waals surface area (Å²) in [7, 11) is 3.86. The monoisotopic (exact) mass is 394 g/mol. The predicted molar refractivity (Wildman–Crippen MR) is 108 cm³/mol. The summed E-state index contributed by atoms with van der Waals surface area (Å²) < 4.78 is 5.21. The van der Waals surface area contributed by atoms with Gasteiger partial charge in [0.1, 0.15) is 6.04 Å². The molecule has 0 saturated heterocycles. The molecule has 0 aliphatic carbocycles. The molecule has 7 heteroatoms. The third kappa shape index (κ3) is 2.90. The second-order valence-electron chi connectivity index (χ2n) is 6.57. The van der Waals surface area contributed by atoms with E-state index >= 15 is 0 Å². The molecule has 1 aliphatic rings. The summed E-state index contributed by atoms with van der Waals surface area (Å²) in [6, 6.07) is 13.5. The number of thiophene rings is 1. The van der Waals surface area contributed by atoms with Crippen LogP contribution in [0.4, 0.5) is 11.4 Å². The van der Waals surface area contributed by atoms with Crippen LogP contribution in [0.2, 0.25) is 0 Å². The van der Waals surface area contributed by atoms with E-state index in [1.807, 2.05) is 48.6 Å². The molecule has 0 spiro atoms. The van der Waals surface area contributed by atoms with E-state index < -0.39 is 23.5 Å². The SMILES string of the molecule is CN(C)c1ccc(N2C(=O)C(O)=C(C(=O)c3ccco3)C2c2cccs2)cc1. The number of furan rings is 1. The van der Waals surface area contributed by atoms with Crippen molar-refractivity contribution in [2.45, 2.75) is 6.04 Å². The van der Waals surface area contributed by atoms with Crippen LogP contribution < -0.4 is 9.80 Å². The molecule has 1 atom stereocenters. The van der Waals surface area contributed by atoms with Crippen molar-refractivity contribution < 1.29 is 19.1 Å². The number of hydrogen-bond donors (Lipinski definition) is 1. The number of amides is 1. The lowest BCUT2D eigenvalue weighted by Crippen LogP contribution is -2.30. The van der Waals surface area contributed by atoms with Gasteiger partial charge >= 0.3 is 0 Å². The zero-order valence-corrected chi connectivity index (χ0v) is 16.1. The van der Waals surface area contributed by atoms with Gasteiger partial charge in [-0.15, -0.1) is 11.3 Å². The second-order valence-corrected chi connectivity index (χ2v) is 7.55. The van der Waals surface area contributed by atoms with Gasteiger partial charge in [-0.25, -0.2) is 0 Å². The van der Waals surface area contributed by atoms with E-state index in [0.717, 1.165) is 10.6 Å². The molecular formula is C21H18N2O4S. The molecule has 2 aromatic heterocycles. The minimum atomic E-state index is -0.713. The summed E-state index contributed by atoms with van der Waals surface area (Å²) in [5.74, 6) is -1.57. The Bertz CT molecular complexity index is 1030. The first-order chi connectivity index (χ1) is 13.5. The third-order valence-corrected chi connectivity index (χ3v) is 5.58. The maximum atomic E-state index is 13.0. The number of hydrogen-bond acceptors (Lipinski definition) is 6. The molecule has 1 aromatic carbocycles. The van der Waals surface area contributed by atoms with Gasteiger partial charge in [-0.1, -0.05) is 6.07 Å². The van der Waals surface area contributed by atoms with Crippen LogP contribution in [0.5, 0.6) is 0 Å². The van der Waals surface area contributed by atoms with E-state index in [4.69, 9.17) is 4.42 Å². The highest BCUT2D eigenvalue weighted by Gasteiger charge is 2.45. The first-order valence-corrected chi connectivity index (χ1v) is 9.52. The van der Waals surface area contributed by atoms with Crippen molar-refractivity contribution in [3.05, 3.63) is 82.1 Å². The minimum Gasteiger partial charge on any atom is -0.503 e. The molecule has 1 unspecified atom stereocenters. The van der Waals surface area contributed by atoms with Crippen LogP contribution in [0.3, 0.4) is 0 Å². The van der Waals surface area contributed by atoms with Gasteiger partial charge in [0.25, 0.3) is 5.91 Å². The number of rotatable bonds is 5. The molecule has 142 valence electrons. The van der Waals surface area contributed by atoms with Crippen LogP contribution >= 0.6 is 11.3 Å². The van der Waals surface area contributed by atoms with Crippen molar-refractivity contribution in [1.29, 1.82) is 0 Å². The van der Waals surface area contributed by atoms with Crippen LogP contribution in [0.1, 0.15) is 21.5 Å². The van der Waals surface area contributed by atoms with Crippen LogP contribution in [-0.4, -0.2) is 30.9 Å². The third-order valence-electron chi connectivity index (χ3n) is 4.65. The molecule has 1 amide bonds. The van der Waals surface area contributed by atoms with Gasteiger partial charge < -0.3 is 14.4 Å². The summed E-state index contributed by atoms with van der Waals surface area (Å²) in [4.78, 5) is 30.1. The summed E-state index contributed by atoms with van der Waals surface area (Å²) in [6.07, 6.45) is 1.39. The number of carbonyl (C=O) groups is 2. The van der Waals surface area contributed by atoms with Crippen molar-refractivity contribution in [2.24, 2.45) is 0 Å². The maximum absolute atomic E-state index is 13.0. The Kier molecular flexibility index (Phi) is 4.52. The van der Waals surface area contributed by atoms with E-state index in [1.165, 1.54) is 28.6 Å². The van der Waals surface area contributed by atoms with Gasteiger partial charge in [0.05, 0.1) is 11.8 Å². The van der Waals surface area contributed by atoms with Crippen LogP contribution in [0.15, 0.2) is 75.9 Å². The molecule has 0 fully saturated rings. The van der Waals surface area contributed by atoms with Crippen molar-refractivity contribution in [3.63, 3.8) is 0 Å².